The summed E-state index contributed by atoms with van der Waals surface area (Å²) in [7, 11) is 0. The summed E-state index contributed by atoms with van der Waals surface area (Å²) in [5, 5.41) is 2.90. The van der Waals surface area contributed by atoms with Crippen molar-refractivity contribution in [1.82, 2.24) is 20.0 Å². The van der Waals surface area contributed by atoms with Gasteiger partial charge in [-0.05, 0) is 24.5 Å². The smallest absolute Gasteiger partial charge is 0.237 e. The Morgan fingerprint density at radius 3 is 2.54 bits per heavy atom. The van der Waals surface area contributed by atoms with E-state index in [1.54, 1.807) is 16.7 Å². The molecule has 1 aromatic carbocycles. The van der Waals surface area contributed by atoms with Crippen LogP contribution in [0.4, 0.5) is 0 Å². The van der Waals surface area contributed by atoms with Crippen LogP contribution in [0.3, 0.4) is 0 Å². The van der Waals surface area contributed by atoms with E-state index in [2.05, 4.69) is 29.3 Å². The summed E-state index contributed by atoms with van der Waals surface area (Å²) in [5.74, 6) is -0.0408. The highest BCUT2D eigenvalue weighted by Crippen LogP contribution is 2.18. The number of aryl methyl sites for hydroxylation is 1. The number of carbonyl (C=O) groups is 3. The van der Waals surface area contributed by atoms with Crippen molar-refractivity contribution in [3.05, 3.63) is 35.4 Å². The summed E-state index contributed by atoms with van der Waals surface area (Å²) < 4.78 is 0. The lowest BCUT2D eigenvalue weighted by molar-refractivity contribution is -0.139. The second-order valence-electron chi connectivity index (χ2n) is 7.65. The Morgan fingerprint density at radius 2 is 1.79 bits per heavy atom. The first-order chi connectivity index (χ1) is 13.5. The average molecular weight is 386 g/mol. The molecule has 2 heterocycles. The number of nitrogens with zero attached hydrogens (tertiary/aromatic N) is 3. The van der Waals surface area contributed by atoms with Gasteiger partial charge in [0, 0.05) is 52.7 Å². The molecule has 3 rings (SSSR count). The molecule has 1 aromatic rings. The Kier molecular flexibility index (Phi) is 6.67. The molecule has 0 spiro atoms. The molecule has 152 valence electrons. The summed E-state index contributed by atoms with van der Waals surface area (Å²) in [6.45, 7) is 8.04. The fourth-order valence-corrected chi connectivity index (χ4v) is 3.96. The van der Waals surface area contributed by atoms with Crippen LogP contribution >= 0.6 is 0 Å². The number of benzene rings is 1. The van der Waals surface area contributed by atoms with Crippen LogP contribution in [-0.2, 0) is 20.9 Å². The van der Waals surface area contributed by atoms with Crippen molar-refractivity contribution >= 4 is 17.7 Å². The molecule has 0 aliphatic carbocycles. The van der Waals surface area contributed by atoms with Crippen LogP contribution in [0.2, 0.25) is 0 Å². The number of piperazine rings is 1. The van der Waals surface area contributed by atoms with E-state index in [0.717, 1.165) is 13.0 Å². The van der Waals surface area contributed by atoms with Gasteiger partial charge in [-0.2, -0.15) is 0 Å². The molecule has 0 saturated carbocycles. The number of rotatable bonds is 4. The SMILES string of the molecule is CC(=O)N1CCCN(C(=O)CC2C(=O)NCCN2Cc2ccccc2C)CC1. The van der Waals surface area contributed by atoms with Gasteiger partial charge in [-0.3, -0.25) is 19.3 Å². The third-order valence-corrected chi connectivity index (χ3v) is 5.74. The van der Waals surface area contributed by atoms with E-state index in [1.165, 1.54) is 11.1 Å². The normalized spacial score (nSPS) is 21.2. The van der Waals surface area contributed by atoms with Crippen LogP contribution in [0.1, 0.15) is 30.9 Å². The van der Waals surface area contributed by atoms with Crippen molar-refractivity contribution in [2.45, 2.75) is 39.3 Å². The first-order valence-electron chi connectivity index (χ1n) is 10.1. The van der Waals surface area contributed by atoms with E-state index < -0.39 is 6.04 Å². The van der Waals surface area contributed by atoms with E-state index >= 15 is 0 Å². The van der Waals surface area contributed by atoms with Crippen molar-refractivity contribution in [3.8, 4) is 0 Å². The van der Waals surface area contributed by atoms with Gasteiger partial charge < -0.3 is 15.1 Å². The number of nitrogens with one attached hydrogen (secondary N) is 1. The van der Waals surface area contributed by atoms with E-state index in [1.807, 2.05) is 12.1 Å². The zero-order valence-electron chi connectivity index (χ0n) is 16.8. The van der Waals surface area contributed by atoms with Crippen molar-refractivity contribution in [2.24, 2.45) is 0 Å². The van der Waals surface area contributed by atoms with Crippen LogP contribution in [0.15, 0.2) is 24.3 Å². The van der Waals surface area contributed by atoms with E-state index in [9.17, 15) is 14.4 Å². The van der Waals surface area contributed by atoms with Gasteiger partial charge in [0.05, 0.1) is 12.5 Å². The maximum atomic E-state index is 12.9. The van der Waals surface area contributed by atoms with Gasteiger partial charge in [0.15, 0.2) is 0 Å². The van der Waals surface area contributed by atoms with Gasteiger partial charge in [-0.15, -0.1) is 0 Å². The molecule has 2 aliphatic rings. The highest BCUT2D eigenvalue weighted by atomic mass is 16.2. The zero-order valence-corrected chi connectivity index (χ0v) is 16.8. The molecule has 2 aliphatic heterocycles. The van der Waals surface area contributed by atoms with Crippen LogP contribution < -0.4 is 5.32 Å². The quantitative estimate of drug-likeness (QED) is 0.830. The second kappa shape index (κ2) is 9.19. The predicted octanol–water partition coefficient (Wildman–Crippen LogP) is 0.766. The van der Waals surface area contributed by atoms with Gasteiger partial charge in [-0.25, -0.2) is 0 Å². The predicted molar refractivity (Wildman–Crippen MR) is 106 cm³/mol. The molecular weight excluding hydrogens is 356 g/mol. The minimum Gasteiger partial charge on any atom is -0.353 e. The molecule has 2 fully saturated rings. The topological polar surface area (TPSA) is 73.0 Å². The summed E-state index contributed by atoms with van der Waals surface area (Å²) in [4.78, 5) is 42.7. The Labute approximate surface area is 166 Å². The lowest BCUT2D eigenvalue weighted by atomic mass is 10.0. The summed E-state index contributed by atoms with van der Waals surface area (Å²) >= 11 is 0. The number of amides is 3. The third-order valence-electron chi connectivity index (χ3n) is 5.74. The van der Waals surface area contributed by atoms with Crippen LogP contribution in [-0.4, -0.2) is 77.7 Å². The molecule has 7 nitrogen and oxygen atoms in total. The third kappa shape index (κ3) is 4.90. The second-order valence-corrected chi connectivity index (χ2v) is 7.65. The molecule has 0 bridgehead atoms. The van der Waals surface area contributed by atoms with E-state index in [-0.39, 0.29) is 24.1 Å². The standard InChI is InChI=1S/C21H30N4O3/c1-16-6-3-4-7-18(16)15-25-11-8-22-21(28)19(25)14-20(27)24-10-5-9-23(12-13-24)17(2)26/h3-4,6-7,19H,5,8-15H2,1-2H3,(H,22,28). The molecule has 7 heteroatoms. The van der Waals surface area contributed by atoms with Crippen LogP contribution in [0.25, 0.3) is 0 Å². The maximum absolute atomic E-state index is 12.9. The molecule has 3 amide bonds. The van der Waals surface area contributed by atoms with Gasteiger partial charge in [-0.1, -0.05) is 24.3 Å². The Hall–Kier alpha value is -2.41. The Bertz CT molecular complexity index is 736. The molecule has 1 N–H and O–H groups in total. The number of hydrogen-bond donors (Lipinski definition) is 1. The van der Waals surface area contributed by atoms with Crippen molar-refractivity contribution in [2.75, 3.05) is 39.3 Å². The van der Waals surface area contributed by atoms with Gasteiger partial charge in [0.25, 0.3) is 0 Å². The monoisotopic (exact) mass is 386 g/mol. The van der Waals surface area contributed by atoms with Gasteiger partial charge in [0.2, 0.25) is 17.7 Å². The minimum absolute atomic E-state index is 0.0118. The summed E-state index contributed by atoms with van der Waals surface area (Å²) in [5.41, 5.74) is 2.37. The minimum atomic E-state index is -0.451. The molecule has 1 atom stereocenters. The van der Waals surface area contributed by atoms with E-state index in [4.69, 9.17) is 0 Å². The lowest BCUT2D eigenvalue weighted by Gasteiger charge is -2.36. The fourth-order valence-electron chi connectivity index (χ4n) is 3.96. The van der Waals surface area contributed by atoms with Crippen LogP contribution in [0, 0.1) is 6.92 Å². The zero-order chi connectivity index (χ0) is 20.1. The Balaban J connectivity index is 1.65. The first-order valence-corrected chi connectivity index (χ1v) is 10.1. The molecule has 0 aromatic heterocycles. The highest BCUT2D eigenvalue weighted by molar-refractivity contribution is 5.89. The number of hydrogen-bond acceptors (Lipinski definition) is 4. The summed E-state index contributed by atoms with van der Waals surface area (Å²) in [6, 6.07) is 7.70. The van der Waals surface area contributed by atoms with Gasteiger partial charge >= 0.3 is 0 Å². The van der Waals surface area contributed by atoms with Crippen molar-refractivity contribution < 1.29 is 14.4 Å². The van der Waals surface area contributed by atoms with Crippen molar-refractivity contribution in [1.29, 1.82) is 0 Å². The highest BCUT2D eigenvalue weighted by Gasteiger charge is 2.33. The van der Waals surface area contributed by atoms with Crippen LogP contribution in [0.5, 0.6) is 0 Å². The largest absolute Gasteiger partial charge is 0.353 e. The Morgan fingerprint density at radius 1 is 1.07 bits per heavy atom. The molecule has 28 heavy (non-hydrogen) atoms. The fraction of sp³-hybridized carbons (Fsp3) is 0.571. The number of carbonyl (C=O) groups excluding carboxylic acids is 3. The molecule has 0 radical (unpaired) electrons. The summed E-state index contributed by atoms with van der Waals surface area (Å²) in [6.07, 6.45) is 0.951. The van der Waals surface area contributed by atoms with Gasteiger partial charge in [0.1, 0.15) is 0 Å². The molecule has 1 unspecified atom stereocenters. The molecule has 2 saturated heterocycles. The maximum Gasteiger partial charge on any atom is 0.237 e. The van der Waals surface area contributed by atoms with E-state index in [0.29, 0.717) is 39.3 Å². The molecular formula is C21H30N4O3. The first kappa shape index (κ1) is 20.3. The lowest BCUT2D eigenvalue weighted by Crippen LogP contribution is -2.56. The average Bonchev–Trinajstić information content (AvgIpc) is 2.92. The van der Waals surface area contributed by atoms with Crippen molar-refractivity contribution in [3.63, 3.8) is 0 Å².